The number of rotatable bonds is 4. The molecule has 1 aromatic carbocycles. The average molecular weight is 378 g/mol. The highest BCUT2D eigenvalue weighted by Gasteiger charge is 2.24. The van der Waals surface area contributed by atoms with Crippen molar-refractivity contribution in [1.82, 2.24) is 9.80 Å². The van der Waals surface area contributed by atoms with Crippen molar-refractivity contribution < 1.29 is 9.90 Å². The lowest BCUT2D eigenvalue weighted by Gasteiger charge is -2.35. The van der Waals surface area contributed by atoms with E-state index in [1.54, 1.807) is 35.6 Å². The van der Waals surface area contributed by atoms with E-state index in [1.807, 2.05) is 22.4 Å². The van der Waals surface area contributed by atoms with Gasteiger partial charge in [0.05, 0.1) is 11.6 Å². The molecule has 1 aliphatic rings. The summed E-state index contributed by atoms with van der Waals surface area (Å²) >= 11 is 1.56. The predicted molar refractivity (Wildman–Crippen MR) is 100 cm³/mol. The molecule has 25 heavy (non-hydrogen) atoms. The van der Waals surface area contributed by atoms with E-state index in [0.717, 1.165) is 18.0 Å². The standard InChI is InChI=1S/C18H19N3O2S.ClH/c19-12-14-3-1-4-15(11-14)18(23)21-8-6-20(7-9-21)13-16(22)17-5-2-10-24-17;/h1-5,10-11,16,22H,6-9,13H2;1H. The van der Waals surface area contributed by atoms with Crippen LogP contribution < -0.4 is 0 Å². The number of β-amino-alcohol motifs (C(OH)–C–C–N with tert-alkyl or cyclic N) is 1. The summed E-state index contributed by atoms with van der Waals surface area (Å²) in [6.07, 6.45) is -0.473. The molecule has 1 aliphatic heterocycles. The summed E-state index contributed by atoms with van der Waals surface area (Å²) in [7, 11) is 0. The van der Waals surface area contributed by atoms with Gasteiger partial charge in [0.25, 0.3) is 5.91 Å². The van der Waals surface area contributed by atoms with Gasteiger partial charge in [-0.2, -0.15) is 5.26 Å². The second kappa shape index (κ2) is 8.97. The molecule has 0 aliphatic carbocycles. The molecule has 2 aromatic rings. The first-order valence-electron chi connectivity index (χ1n) is 7.90. The molecule has 1 atom stereocenters. The molecule has 1 unspecified atom stereocenters. The van der Waals surface area contributed by atoms with E-state index in [9.17, 15) is 9.90 Å². The summed E-state index contributed by atoms with van der Waals surface area (Å²) in [5.74, 6) is -0.0365. The average Bonchev–Trinajstić information content (AvgIpc) is 3.16. The van der Waals surface area contributed by atoms with Crippen LogP contribution in [0.15, 0.2) is 41.8 Å². The van der Waals surface area contributed by atoms with Crippen LogP contribution in [0.3, 0.4) is 0 Å². The van der Waals surface area contributed by atoms with E-state index in [-0.39, 0.29) is 18.3 Å². The van der Waals surface area contributed by atoms with Crippen molar-refractivity contribution >= 4 is 29.7 Å². The minimum absolute atomic E-state index is 0. The normalized spacial score (nSPS) is 15.9. The number of hydrogen-bond acceptors (Lipinski definition) is 5. The first-order chi connectivity index (χ1) is 11.7. The van der Waals surface area contributed by atoms with E-state index in [0.29, 0.717) is 30.8 Å². The van der Waals surface area contributed by atoms with Gasteiger partial charge < -0.3 is 10.0 Å². The van der Waals surface area contributed by atoms with Gasteiger partial charge in [0.15, 0.2) is 0 Å². The Bertz CT molecular complexity index is 737. The van der Waals surface area contributed by atoms with E-state index >= 15 is 0 Å². The van der Waals surface area contributed by atoms with Crippen molar-refractivity contribution in [3.63, 3.8) is 0 Å². The van der Waals surface area contributed by atoms with Gasteiger partial charge >= 0.3 is 0 Å². The third-order valence-electron chi connectivity index (χ3n) is 4.20. The Labute approximate surface area is 157 Å². The number of carbonyl (C=O) groups excluding carboxylic acids is 1. The third kappa shape index (κ3) is 4.80. The van der Waals surface area contributed by atoms with Gasteiger partial charge in [-0.15, -0.1) is 23.7 Å². The van der Waals surface area contributed by atoms with Gasteiger partial charge in [-0.25, -0.2) is 0 Å². The minimum atomic E-state index is -0.473. The van der Waals surface area contributed by atoms with Crippen LogP contribution in [0.2, 0.25) is 0 Å². The lowest BCUT2D eigenvalue weighted by molar-refractivity contribution is 0.0533. The number of amides is 1. The number of thiophene rings is 1. The molecule has 132 valence electrons. The van der Waals surface area contributed by atoms with E-state index in [1.165, 1.54) is 0 Å². The Kier molecular flexibility index (Phi) is 6.97. The smallest absolute Gasteiger partial charge is 0.253 e. The lowest BCUT2D eigenvalue weighted by Crippen LogP contribution is -2.49. The summed E-state index contributed by atoms with van der Waals surface area (Å²) in [6, 6.07) is 12.8. The first kappa shape index (κ1) is 19.4. The van der Waals surface area contributed by atoms with Crippen molar-refractivity contribution in [2.75, 3.05) is 32.7 Å². The van der Waals surface area contributed by atoms with E-state index in [4.69, 9.17) is 5.26 Å². The van der Waals surface area contributed by atoms with Crippen LogP contribution >= 0.6 is 23.7 Å². The third-order valence-corrected chi connectivity index (χ3v) is 5.17. The SMILES string of the molecule is Cl.N#Cc1cccc(C(=O)N2CCN(CC(O)c3cccs3)CC2)c1. The molecule has 0 radical (unpaired) electrons. The maximum atomic E-state index is 12.5. The van der Waals surface area contributed by atoms with Crippen LogP contribution in [-0.2, 0) is 0 Å². The zero-order chi connectivity index (χ0) is 16.9. The van der Waals surface area contributed by atoms with Crippen LogP contribution in [0, 0.1) is 11.3 Å². The van der Waals surface area contributed by atoms with Gasteiger partial charge in [-0.05, 0) is 29.6 Å². The number of halogens is 1. The lowest BCUT2D eigenvalue weighted by atomic mass is 10.1. The fourth-order valence-electron chi connectivity index (χ4n) is 2.85. The van der Waals surface area contributed by atoms with Gasteiger partial charge in [-0.1, -0.05) is 12.1 Å². The van der Waals surface area contributed by atoms with Crippen molar-refractivity contribution in [3.05, 3.63) is 57.8 Å². The van der Waals surface area contributed by atoms with Crippen LogP contribution in [-0.4, -0.2) is 53.5 Å². The highest BCUT2D eigenvalue weighted by molar-refractivity contribution is 7.10. The fourth-order valence-corrected chi connectivity index (χ4v) is 3.56. The second-order valence-corrected chi connectivity index (χ2v) is 6.80. The molecule has 0 spiro atoms. The molecule has 3 rings (SSSR count). The Morgan fingerprint density at radius 1 is 1.24 bits per heavy atom. The maximum Gasteiger partial charge on any atom is 0.253 e. The largest absolute Gasteiger partial charge is 0.386 e. The van der Waals surface area contributed by atoms with Crippen molar-refractivity contribution in [3.8, 4) is 6.07 Å². The summed E-state index contributed by atoms with van der Waals surface area (Å²) in [4.78, 5) is 17.5. The van der Waals surface area contributed by atoms with Gasteiger partial charge in [0.2, 0.25) is 0 Å². The number of piperazine rings is 1. The first-order valence-corrected chi connectivity index (χ1v) is 8.78. The highest BCUT2D eigenvalue weighted by Crippen LogP contribution is 2.20. The van der Waals surface area contributed by atoms with E-state index < -0.39 is 6.10 Å². The quantitative estimate of drug-likeness (QED) is 0.889. The summed E-state index contributed by atoms with van der Waals surface area (Å²) in [5.41, 5.74) is 1.06. The predicted octanol–water partition coefficient (Wildman–Crippen LogP) is 2.53. The Hall–Kier alpha value is -1.91. The highest BCUT2D eigenvalue weighted by atomic mass is 35.5. The van der Waals surface area contributed by atoms with Crippen LogP contribution in [0.5, 0.6) is 0 Å². The molecular formula is C18H20ClN3O2S. The number of carbonyl (C=O) groups is 1. The van der Waals surface area contributed by atoms with Crippen molar-refractivity contribution in [1.29, 1.82) is 5.26 Å². The molecule has 1 aromatic heterocycles. The molecule has 0 bridgehead atoms. The topological polar surface area (TPSA) is 67.6 Å². The van der Waals surface area contributed by atoms with Crippen LogP contribution in [0.4, 0.5) is 0 Å². The number of hydrogen-bond donors (Lipinski definition) is 1. The molecule has 1 saturated heterocycles. The van der Waals surface area contributed by atoms with Crippen LogP contribution in [0.25, 0.3) is 0 Å². The number of benzene rings is 1. The van der Waals surface area contributed by atoms with Crippen molar-refractivity contribution in [2.24, 2.45) is 0 Å². The molecule has 1 N–H and O–H groups in total. The van der Waals surface area contributed by atoms with Gasteiger partial charge in [-0.3, -0.25) is 9.69 Å². The summed E-state index contributed by atoms with van der Waals surface area (Å²) in [6.45, 7) is 3.34. The van der Waals surface area contributed by atoms with Gasteiger partial charge in [0.1, 0.15) is 6.10 Å². The molecule has 1 amide bonds. The molecule has 2 heterocycles. The molecule has 1 fully saturated rings. The zero-order valence-corrected chi connectivity index (χ0v) is 15.3. The number of aliphatic hydroxyl groups is 1. The minimum Gasteiger partial charge on any atom is -0.386 e. The Morgan fingerprint density at radius 2 is 2.00 bits per heavy atom. The van der Waals surface area contributed by atoms with Crippen molar-refractivity contribution in [2.45, 2.75) is 6.10 Å². The zero-order valence-electron chi connectivity index (χ0n) is 13.7. The second-order valence-electron chi connectivity index (χ2n) is 5.82. The van der Waals surface area contributed by atoms with Crippen LogP contribution in [0.1, 0.15) is 26.9 Å². The van der Waals surface area contributed by atoms with E-state index in [2.05, 4.69) is 11.0 Å². The number of aliphatic hydroxyl groups excluding tert-OH is 1. The monoisotopic (exact) mass is 377 g/mol. The molecule has 5 nitrogen and oxygen atoms in total. The molecular weight excluding hydrogens is 358 g/mol. The molecule has 0 saturated carbocycles. The Morgan fingerprint density at radius 3 is 2.64 bits per heavy atom. The fraction of sp³-hybridized carbons (Fsp3) is 0.333. The van der Waals surface area contributed by atoms with Gasteiger partial charge in [0, 0.05) is 43.2 Å². The maximum absolute atomic E-state index is 12.5. The number of nitrogens with zero attached hydrogens (tertiary/aromatic N) is 3. The summed E-state index contributed by atoms with van der Waals surface area (Å²) in [5, 5.41) is 21.1. The summed E-state index contributed by atoms with van der Waals surface area (Å²) < 4.78 is 0. The number of nitriles is 1. The Balaban J connectivity index is 0.00000225. The molecule has 7 heteroatoms.